The highest BCUT2D eigenvalue weighted by atomic mass is 16.5. The lowest BCUT2D eigenvalue weighted by atomic mass is 10.1. The maximum Gasteiger partial charge on any atom is 0.257 e. The Labute approximate surface area is 152 Å². The second-order valence-corrected chi connectivity index (χ2v) is 7.16. The second-order valence-electron chi connectivity index (χ2n) is 7.16. The van der Waals surface area contributed by atoms with Crippen LogP contribution in [0.1, 0.15) is 31.1 Å². The van der Waals surface area contributed by atoms with E-state index in [1.54, 1.807) is 25.4 Å². The first-order valence-corrected chi connectivity index (χ1v) is 8.41. The summed E-state index contributed by atoms with van der Waals surface area (Å²) in [5.74, 6) is 0.316. The number of amides is 1. The van der Waals surface area contributed by atoms with Crippen LogP contribution in [0.3, 0.4) is 0 Å². The first kappa shape index (κ1) is 17.7. The molecule has 0 aliphatic rings. The number of benzene rings is 2. The number of pyridine rings is 1. The SMILES string of the molecule is COc1cccc(-n2cc(C(=O)NC(C)(C)C)c(=O)c3ccccc32)c1. The predicted octanol–water partition coefficient (Wildman–Crippen LogP) is 3.53. The van der Waals surface area contributed by atoms with Gasteiger partial charge in [0.1, 0.15) is 11.3 Å². The maximum atomic E-state index is 12.9. The van der Waals surface area contributed by atoms with Crippen LogP contribution >= 0.6 is 0 Å². The van der Waals surface area contributed by atoms with Gasteiger partial charge in [-0.25, -0.2) is 0 Å². The van der Waals surface area contributed by atoms with Crippen molar-refractivity contribution in [3.8, 4) is 11.4 Å². The fraction of sp³-hybridized carbons (Fsp3) is 0.238. The summed E-state index contributed by atoms with van der Waals surface area (Å²) in [6.07, 6.45) is 1.60. The molecule has 1 N–H and O–H groups in total. The Morgan fingerprint density at radius 3 is 2.50 bits per heavy atom. The largest absolute Gasteiger partial charge is 0.497 e. The van der Waals surface area contributed by atoms with E-state index < -0.39 is 5.54 Å². The van der Waals surface area contributed by atoms with Crippen LogP contribution in [0.5, 0.6) is 5.75 Å². The van der Waals surface area contributed by atoms with Crippen molar-refractivity contribution < 1.29 is 9.53 Å². The molecule has 3 rings (SSSR count). The van der Waals surface area contributed by atoms with Crippen molar-refractivity contribution in [1.82, 2.24) is 9.88 Å². The number of nitrogens with one attached hydrogen (secondary N) is 1. The first-order valence-electron chi connectivity index (χ1n) is 8.41. The minimum Gasteiger partial charge on any atom is -0.497 e. The summed E-state index contributed by atoms with van der Waals surface area (Å²) >= 11 is 0. The molecule has 0 aliphatic heterocycles. The molecule has 0 spiro atoms. The number of fused-ring (bicyclic) bond motifs is 1. The monoisotopic (exact) mass is 350 g/mol. The smallest absolute Gasteiger partial charge is 0.257 e. The highest BCUT2D eigenvalue weighted by Crippen LogP contribution is 2.21. The van der Waals surface area contributed by atoms with Gasteiger partial charge >= 0.3 is 0 Å². The van der Waals surface area contributed by atoms with Crippen molar-refractivity contribution in [3.63, 3.8) is 0 Å². The van der Waals surface area contributed by atoms with Gasteiger partial charge in [0.05, 0.1) is 12.6 Å². The molecule has 1 amide bonds. The van der Waals surface area contributed by atoms with Crippen molar-refractivity contribution in [1.29, 1.82) is 0 Å². The third-order valence-corrected chi connectivity index (χ3v) is 3.98. The zero-order valence-corrected chi connectivity index (χ0v) is 15.4. The van der Waals surface area contributed by atoms with Crippen molar-refractivity contribution in [3.05, 3.63) is 70.5 Å². The van der Waals surface area contributed by atoms with Crippen LogP contribution in [0, 0.1) is 0 Å². The summed E-state index contributed by atoms with van der Waals surface area (Å²) in [7, 11) is 1.60. The Morgan fingerprint density at radius 1 is 1.08 bits per heavy atom. The van der Waals surface area contributed by atoms with Gasteiger partial charge in [-0.05, 0) is 45.0 Å². The molecule has 2 aromatic carbocycles. The van der Waals surface area contributed by atoms with Crippen LogP contribution in [0.25, 0.3) is 16.6 Å². The van der Waals surface area contributed by atoms with Crippen molar-refractivity contribution in [2.24, 2.45) is 0 Å². The molecule has 26 heavy (non-hydrogen) atoms. The quantitative estimate of drug-likeness (QED) is 0.786. The Bertz CT molecular complexity index is 1030. The number of para-hydroxylation sites is 1. The van der Waals surface area contributed by atoms with Gasteiger partial charge in [-0.1, -0.05) is 18.2 Å². The van der Waals surface area contributed by atoms with E-state index in [9.17, 15) is 9.59 Å². The van der Waals surface area contributed by atoms with Crippen LogP contribution in [0.15, 0.2) is 59.5 Å². The number of hydrogen-bond acceptors (Lipinski definition) is 3. The molecule has 0 aliphatic carbocycles. The zero-order valence-electron chi connectivity index (χ0n) is 15.4. The van der Waals surface area contributed by atoms with Crippen molar-refractivity contribution >= 4 is 16.8 Å². The van der Waals surface area contributed by atoms with E-state index in [1.807, 2.05) is 61.7 Å². The molecule has 0 saturated carbocycles. The molecule has 0 bridgehead atoms. The molecule has 5 nitrogen and oxygen atoms in total. The summed E-state index contributed by atoms with van der Waals surface area (Å²) in [4.78, 5) is 25.5. The standard InChI is InChI=1S/C21H22N2O3/c1-21(2,3)22-20(25)17-13-23(14-8-7-9-15(12-14)26-4)18-11-6-5-10-16(18)19(17)24/h5-13H,1-4H3,(H,22,25). The van der Waals surface area contributed by atoms with Gasteiger partial charge in [-0.3, -0.25) is 9.59 Å². The number of carbonyl (C=O) groups is 1. The van der Waals surface area contributed by atoms with E-state index in [4.69, 9.17) is 4.74 Å². The van der Waals surface area contributed by atoms with E-state index >= 15 is 0 Å². The Balaban J connectivity index is 2.27. The van der Waals surface area contributed by atoms with Crippen molar-refractivity contribution in [2.45, 2.75) is 26.3 Å². The summed E-state index contributed by atoms with van der Waals surface area (Å²) in [5.41, 5.74) is 0.946. The van der Waals surface area contributed by atoms with Gasteiger partial charge in [-0.15, -0.1) is 0 Å². The lowest BCUT2D eigenvalue weighted by molar-refractivity contribution is 0.0918. The molecule has 134 valence electrons. The van der Waals surface area contributed by atoms with Gasteiger partial charge in [0, 0.05) is 28.9 Å². The summed E-state index contributed by atoms with van der Waals surface area (Å²) in [5, 5.41) is 3.36. The van der Waals surface area contributed by atoms with Crippen LogP contribution < -0.4 is 15.5 Å². The molecule has 0 saturated heterocycles. The fourth-order valence-electron chi connectivity index (χ4n) is 2.82. The Kier molecular flexibility index (Phi) is 4.55. The number of rotatable bonds is 3. The van der Waals surface area contributed by atoms with E-state index in [-0.39, 0.29) is 16.9 Å². The van der Waals surface area contributed by atoms with Crippen LogP contribution in [-0.2, 0) is 0 Å². The lowest BCUT2D eigenvalue weighted by Gasteiger charge is -2.21. The Morgan fingerprint density at radius 2 is 1.81 bits per heavy atom. The van der Waals surface area contributed by atoms with Gasteiger partial charge in [0.15, 0.2) is 0 Å². The average Bonchev–Trinajstić information content (AvgIpc) is 2.60. The summed E-state index contributed by atoms with van der Waals surface area (Å²) in [6, 6.07) is 14.8. The minimum atomic E-state index is -0.435. The lowest BCUT2D eigenvalue weighted by Crippen LogP contribution is -2.42. The van der Waals surface area contributed by atoms with Crippen LogP contribution in [-0.4, -0.2) is 23.1 Å². The normalized spacial score (nSPS) is 11.4. The molecule has 0 atom stereocenters. The van der Waals surface area contributed by atoms with Gasteiger partial charge < -0.3 is 14.6 Å². The fourth-order valence-corrected chi connectivity index (χ4v) is 2.82. The van der Waals surface area contributed by atoms with E-state index in [0.717, 1.165) is 11.2 Å². The minimum absolute atomic E-state index is 0.112. The number of ether oxygens (including phenoxy) is 1. The third kappa shape index (κ3) is 3.47. The maximum absolute atomic E-state index is 12.9. The third-order valence-electron chi connectivity index (χ3n) is 3.98. The van der Waals surface area contributed by atoms with Crippen LogP contribution in [0.4, 0.5) is 0 Å². The molecule has 1 heterocycles. The molecule has 0 unspecified atom stereocenters. The topological polar surface area (TPSA) is 60.3 Å². The number of nitrogens with zero attached hydrogens (tertiary/aromatic N) is 1. The first-order chi connectivity index (χ1) is 12.3. The van der Waals surface area contributed by atoms with Gasteiger partial charge in [0.25, 0.3) is 5.91 Å². The molecular formula is C21H22N2O3. The van der Waals surface area contributed by atoms with Crippen LogP contribution in [0.2, 0.25) is 0 Å². The zero-order chi connectivity index (χ0) is 18.9. The average molecular weight is 350 g/mol. The number of hydrogen-bond donors (Lipinski definition) is 1. The van der Waals surface area contributed by atoms with Gasteiger partial charge in [0.2, 0.25) is 5.43 Å². The van der Waals surface area contributed by atoms with E-state index in [0.29, 0.717) is 11.1 Å². The van der Waals surface area contributed by atoms with Gasteiger partial charge in [-0.2, -0.15) is 0 Å². The molecule has 1 aromatic heterocycles. The molecule has 0 radical (unpaired) electrons. The molecule has 0 fully saturated rings. The number of aromatic nitrogens is 1. The van der Waals surface area contributed by atoms with E-state index in [2.05, 4.69) is 5.32 Å². The highest BCUT2D eigenvalue weighted by molar-refractivity contribution is 5.98. The van der Waals surface area contributed by atoms with E-state index in [1.165, 1.54) is 0 Å². The molecule has 5 heteroatoms. The predicted molar refractivity (Wildman–Crippen MR) is 103 cm³/mol. The number of methoxy groups -OCH3 is 1. The molecule has 3 aromatic rings. The second kappa shape index (κ2) is 6.67. The Hall–Kier alpha value is -3.08. The molecular weight excluding hydrogens is 328 g/mol. The number of carbonyl (C=O) groups excluding carboxylic acids is 1. The summed E-state index contributed by atoms with van der Waals surface area (Å²) in [6.45, 7) is 5.64. The highest BCUT2D eigenvalue weighted by Gasteiger charge is 2.20. The summed E-state index contributed by atoms with van der Waals surface area (Å²) < 4.78 is 7.15. The van der Waals surface area contributed by atoms with Crippen molar-refractivity contribution in [2.75, 3.05) is 7.11 Å².